The number of Topliss-reactive ketones (excluding diaryl/α,β-unsaturated/α-hetero) is 1. The monoisotopic (exact) mass is 206 g/mol. The predicted molar refractivity (Wildman–Crippen MR) is 61.2 cm³/mol. The largest absolute Gasteiger partial charge is 0.374 e. The van der Waals surface area contributed by atoms with E-state index < -0.39 is 0 Å². The summed E-state index contributed by atoms with van der Waals surface area (Å²) in [5.74, 6) is 0.0513. The molecule has 0 fully saturated rings. The lowest BCUT2D eigenvalue weighted by Gasteiger charge is -2.09. The second kappa shape index (κ2) is 5.66. The van der Waals surface area contributed by atoms with Crippen molar-refractivity contribution in [3.05, 3.63) is 35.4 Å². The number of methoxy groups -OCH3 is 1. The van der Waals surface area contributed by atoms with Crippen LogP contribution in [0.1, 0.15) is 36.2 Å². The minimum Gasteiger partial charge on any atom is -0.374 e. The van der Waals surface area contributed by atoms with Gasteiger partial charge in [-0.25, -0.2) is 0 Å². The highest BCUT2D eigenvalue weighted by atomic mass is 16.5. The minimum atomic E-state index is -0.359. The molecule has 0 aliphatic rings. The maximum absolute atomic E-state index is 11.8. The quantitative estimate of drug-likeness (QED) is 0.692. The fourth-order valence-corrected chi connectivity index (χ4v) is 1.51. The molecule has 0 saturated carbocycles. The van der Waals surface area contributed by atoms with Crippen LogP contribution in [0.4, 0.5) is 0 Å². The van der Waals surface area contributed by atoms with Gasteiger partial charge in [-0.3, -0.25) is 4.79 Å². The van der Waals surface area contributed by atoms with E-state index >= 15 is 0 Å². The fourth-order valence-electron chi connectivity index (χ4n) is 1.51. The van der Waals surface area contributed by atoms with Crippen LogP contribution in [-0.4, -0.2) is 19.0 Å². The molecule has 0 aromatic heterocycles. The Labute approximate surface area is 91.3 Å². The van der Waals surface area contributed by atoms with E-state index in [4.69, 9.17) is 4.74 Å². The zero-order chi connectivity index (χ0) is 11.3. The number of rotatable bonds is 5. The van der Waals surface area contributed by atoms with E-state index in [1.165, 1.54) is 5.56 Å². The topological polar surface area (TPSA) is 26.3 Å². The molecule has 1 aromatic rings. The first-order chi connectivity index (χ1) is 7.19. The number of hydrogen-bond donors (Lipinski definition) is 0. The highest BCUT2D eigenvalue weighted by Crippen LogP contribution is 2.10. The van der Waals surface area contributed by atoms with Crippen molar-refractivity contribution in [2.75, 3.05) is 7.11 Å². The van der Waals surface area contributed by atoms with Crippen molar-refractivity contribution in [2.45, 2.75) is 32.8 Å². The van der Waals surface area contributed by atoms with Crippen molar-refractivity contribution in [1.29, 1.82) is 0 Å². The average Bonchev–Trinajstić information content (AvgIpc) is 2.28. The lowest BCUT2D eigenvalue weighted by molar-refractivity contribution is 0.0655. The Hall–Kier alpha value is -1.15. The van der Waals surface area contributed by atoms with Gasteiger partial charge in [0, 0.05) is 12.7 Å². The fraction of sp³-hybridized carbons (Fsp3) is 0.462. The molecule has 2 heteroatoms. The summed E-state index contributed by atoms with van der Waals surface area (Å²) in [5, 5.41) is 0. The molecule has 1 unspecified atom stereocenters. The number of carbonyl (C=O) groups excluding carboxylic acids is 1. The van der Waals surface area contributed by atoms with Crippen molar-refractivity contribution >= 4 is 5.78 Å². The molecule has 1 atom stereocenters. The Bertz CT molecular complexity index is 331. The maximum Gasteiger partial charge on any atom is 0.191 e. The van der Waals surface area contributed by atoms with Crippen molar-refractivity contribution in [3.8, 4) is 0 Å². The van der Waals surface area contributed by atoms with Gasteiger partial charge in [0.05, 0.1) is 0 Å². The lowest BCUT2D eigenvalue weighted by Crippen LogP contribution is -2.19. The molecule has 0 spiro atoms. The van der Waals surface area contributed by atoms with E-state index in [2.05, 4.69) is 13.0 Å². The zero-order valence-electron chi connectivity index (χ0n) is 9.62. The summed E-state index contributed by atoms with van der Waals surface area (Å²) in [5.41, 5.74) is 1.96. The molecular formula is C13H18O2. The molecule has 15 heavy (non-hydrogen) atoms. The third-order valence-corrected chi connectivity index (χ3v) is 2.47. The van der Waals surface area contributed by atoms with Crippen LogP contribution >= 0.6 is 0 Å². The van der Waals surface area contributed by atoms with Crippen LogP contribution in [0.3, 0.4) is 0 Å². The Morgan fingerprint density at radius 2 is 2.20 bits per heavy atom. The molecule has 0 radical (unpaired) electrons. The molecule has 0 N–H and O–H groups in total. The molecule has 82 valence electrons. The summed E-state index contributed by atoms with van der Waals surface area (Å²) in [6, 6.07) is 7.79. The van der Waals surface area contributed by atoms with Crippen molar-refractivity contribution in [1.82, 2.24) is 0 Å². The molecule has 0 amide bonds. The second-order valence-electron chi connectivity index (χ2n) is 3.69. The highest BCUT2D eigenvalue weighted by molar-refractivity contribution is 5.99. The second-order valence-corrected chi connectivity index (χ2v) is 3.69. The van der Waals surface area contributed by atoms with Gasteiger partial charge in [-0.1, -0.05) is 31.5 Å². The van der Waals surface area contributed by atoms with Crippen LogP contribution in [0, 0.1) is 0 Å². The van der Waals surface area contributed by atoms with Gasteiger partial charge in [-0.05, 0) is 25.0 Å². The summed E-state index contributed by atoms with van der Waals surface area (Å²) >= 11 is 0. The average molecular weight is 206 g/mol. The van der Waals surface area contributed by atoms with Crippen LogP contribution < -0.4 is 0 Å². The molecule has 1 rings (SSSR count). The first kappa shape index (κ1) is 11.9. The van der Waals surface area contributed by atoms with Gasteiger partial charge < -0.3 is 4.74 Å². The highest BCUT2D eigenvalue weighted by Gasteiger charge is 2.13. The van der Waals surface area contributed by atoms with Crippen LogP contribution in [-0.2, 0) is 11.2 Å². The van der Waals surface area contributed by atoms with E-state index in [0.717, 1.165) is 18.4 Å². The Balaban J connectivity index is 2.85. The first-order valence-corrected chi connectivity index (χ1v) is 5.35. The molecule has 1 aromatic carbocycles. The van der Waals surface area contributed by atoms with Gasteiger partial charge in [0.1, 0.15) is 6.10 Å². The minimum absolute atomic E-state index is 0.0513. The third kappa shape index (κ3) is 3.17. The Morgan fingerprint density at radius 1 is 1.47 bits per heavy atom. The van der Waals surface area contributed by atoms with Crippen molar-refractivity contribution in [2.24, 2.45) is 0 Å². The van der Waals surface area contributed by atoms with Gasteiger partial charge in [0.15, 0.2) is 5.78 Å². The molecule has 0 bridgehead atoms. The molecule has 0 heterocycles. The smallest absolute Gasteiger partial charge is 0.191 e. The molecule has 2 nitrogen and oxygen atoms in total. The van der Waals surface area contributed by atoms with Crippen molar-refractivity contribution in [3.63, 3.8) is 0 Å². The summed E-state index contributed by atoms with van der Waals surface area (Å²) in [7, 11) is 1.55. The number of hydrogen-bond acceptors (Lipinski definition) is 2. The van der Waals surface area contributed by atoms with E-state index in [0.29, 0.717) is 0 Å². The zero-order valence-corrected chi connectivity index (χ0v) is 9.62. The molecular weight excluding hydrogens is 188 g/mol. The van der Waals surface area contributed by atoms with Crippen LogP contribution in [0.15, 0.2) is 24.3 Å². The summed E-state index contributed by atoms with van der Waals surface area (Å²) in [4.78, 5) is 11.8. The maximum atomic E-state index is 11.8. The van der Waals surface area contributed by atoms with Gasteiger partial charge in [-0.15, -0.1) is 0 Å². The van der Waals surface area contributed by atoms with Crippen molar-refractivity contribution < 1.29 is 9.53 Å². The van der Waals surface area contributed by atoms with Crippen LogP contribution in [0.2, 0.25) is 0 Å². The number of aryl methyl sites for hydroxylation is 1. The predicted octanol–water partition coefficient (Wildman–Crippen LogP) is 2.86. The van der Waals surface area contributed by atoms with E-state index in [1.807, 2.05) is 18.2 Å². The number of ketones is 1. The summed E-state index contributed by atoms with van der Waals surface area (Å²) in [6.07, 6.45) is 1.75. The molecule has 0 aliphatic heterocycles. The van der Waals surface area contributed by atoms with Crippen LogP contribution in [0.25, 0.3) is 0 Å². The molecule has 0 saturated heterocycles. The number of ether oxygens (including phenoxy) is 1. The first-order valence-electron chi connectivity index (χ1n) is 5.35. The molecule has 0 aliphatic carbocycles. The summed E-state index contributed by atoms with van der Waals surface area (Å²) < 4.78 is 5.02. The Morgan fingerprint density at radius 3 is 2.80 bits per heavy atom. The SMILES string of the molecule is CCCc1cccc(C(=O)C(C)OC)c1. The van der Waals surface area contributed by atoms with Crippen LogP contribution in [0.5, 0.6) is 0 Å². The van der Waals surface area contributed by atoms with Gasteiger partial charge in [-0.2, -0.15) is 0 Å². The number of carbonyl (C=O) groups is 1. The Kier molecular flexibility index (Phi) is 4.50. The standard InChI is InChI=1S/C13H18O2/c1-4-6-11-7-5-8-12(9-11)13(14)10(2)15-3/h5,7-10H,4,6H2,1-3H3. The van der Waals surface area contributed by atoms with E-state index in [9.17, 15) is 4.79 Å². The van der Waals surface area contributed by atoms with Gasteiger partial charge in [0.25, 0.3) is 0 Å². The van der Waals surface area contributed by atoms with Gasteiger partial charge >= 0.3 is 0 Å². The summed E-state index contributed by atoms with van der Waals surface area (Å²) in [6.45, 7) is 3.90. The van der Waals surface area contributed by atoms with Gasteiger partial charge in [0.2, 0.25) is 0 Å². The normalized spacial score (nSPS) is 12.5. The van der Waals surface area contributed by atoms with E-state index in [1.54, 1.807) is 14.0 Å². The van der Waals surface area contributed by atoms with E-state index in [-0.39, 0.29) is 11.9 Å². The number of benzene rings is 1. The third-order valence-electron chi connectivity index (χ3n) is 2.47. The lowest BCUT2D eigenvalue weighted by atomic mass is 10.0.